The van der Waals surface area contributed by atoms with Crippen molar-refractivity contribution in [3.8, 4) is 0 Å². The number of rotatable bonds is 6. The van der Waals surface area contributed by atoms with Crippen LogP contribution in [-0.2, 0) is 0 Å². The first-order valence-electron chi connectivity index (χ1n) is 6.93. The standard InChI is InChI=1S/C16H18BrFN2S/c1-3-8-19-11(2)13-10-12(18)6-7-15(13)21-16-14(17)5-4-9-20-16/h4-7,9-11,19H,3,8H2,1-2H3. The molecule has 0 radical (unpaired) electrons. The van der Waals surface area contributed by atoms with Crippen LogP contribution < -0.4 is 5.32 Å². The van der Waals surface area contributed by atoms with Crippen LogP contribution in [0.4, 0.5) is 4.39 Å². The third kappa shape index (κ3) is 4.53. The molecule has 0 aliphatic carbocycles. The number of pyridine rings is 1. The fourth-order valence-electron chi connectivity index (χ4n) is 1.97. The van der Waals surface area contributed by atoms with E-state index in [1.54, 1.807) is 24.0 Å². The molecule has 0 fully saturated rings. The summed E-state index contributed by atoms with van der Waals surface area (Å²) in [6.45, 7) is 5.09. The van der Waals surface area contributed by atoms with Crippen molar-refractivity contribution >= 4 is 27.7 Å². The lowest BCUT2D eigenvalue weighted by molar-refractivity contribution is 0.554. The Hall–Kier alpha value is -0.910. The largest absolute Gasteiger partial charge is 0.310 e. The Bertz CT molecular complexity index is 607. The van der Waals surface area contributed by atoms with E-state index in [-0.39, 0.29) is 11.9 Å². The lowest BCUT2D eigenvalue weighted by Crippen LogP contribution is -2.20. The van der Waals surface area contributed by atoms with E-state index in [4.69, 9.17) is 0 Å². The quantitative estimate of drug-likeness (QED) is 0.758. The van der Waals surface area contributed by atoms with Crippen molar-refractivity contribution in [3.63, 3.8) is 0 Å². The van der Waals surface area contributed by atoms with E-state index in [9.17, 15) is 4.39 Å². The third-order valence-electron chi connectivity index (χ3n) is 3.07. The average Bonchev–Trinajstić information content (AvgIpc) is 2.48. The molecule has 1 aromatic heterocycles. The highest BCUT2D eigenvalue weighted by molar-refractivity contribution is 9.10. The van der Waals surface area contributed by atoms with Gasteiger partial charge in [0, 0.05) is 17.1 Å². The molecule has 1 heterocycles. The molecular formula is C16H18BrFN2S. The van der Waals surface area contributed by atoms with Gasteiger partial charge in [-0.1, -0.05) is 18.7 Å². The fourth-order valence-corrected chi connectivity index (χ4v) is 3.45. The molecule has 0 bridgehead atoms. The molecule has 5 heteroatoms. The lowest BCUT2D eigenvalue weighted by atomic mass is 10.1. The summed E-state index contributed by atoms with van der Waals surface area (Å²) in [5.74, 6) is -0.209. The van der Waals surface area contributed by atoms with Crippen molar-refractivity contribution in [2.45, 2.75) is 36.2 Å². The molecule has 2 aromatic rings. The second kappa shape index (κ2) is 7.92. The summed E-state index contributed by atoms with van der Waals surface area (Å²) in [6, 6.07) is 8.86. The first kappa shape index (κ1) is 16.5. The lowest BCUT2D eigenvalue weighted by Gasteiger charge is -2.17. The van der Waals surface area contributed by atoms with E-state index < -0.39 is 0 Å². The minimum Gasteiger partial charge on any atom is -0.310 e. The minimum atomic E-state index is -0.209. The van der Waals surface area contributed by atoms with Crippen molar-refractivity contribution in [3.05, 3.63) is 52.4 Å². The van der Waals surface area contributed by atoms with Gasteiger partial charge in [-0.15, -0.1) is 0 Å². The van der Waals surface area contributed by atoms with Crippen LogP contribution in [0.25, 0.3) is 0 Å². The highest BCUT2D eigenvalue weighted by Crippen LogP contribution is 2.36. The van der Waals surface area contributed by atoms with E-state index in [0.717, 1.165) is 32.9 Å². The summed E-state index contributed by atoms with van der Waals surface area (Å²) in [4.78, 5) is 5.38. The second-order valence-corrected chi connectivity index (χ2v) is 6.64. The van der Waals surface area contributed by atoms with Crippen LogP contribution in [0.5, 0.6) is 0 Å². The van der Waals surface area contributed by atoms with Gasteiger partial charge in [0.1, 0.15) is 10.8 Å². The van der Waals surface area contributed by atoms with Crippen molar-refractivity contribution in [1.82, 2.24) is 10.3 Å². The van der Waals surface area contributed by atoms with Crippen LogP contribution in [0.1, 0.15) is 31.9 Å². The Balaban J connectivity index is 2.28. The first-order valence-corrected chi connectivity index (χ1v) is 8.54. The Labute approximate surface area is 137 Å². The summed E-state index contributed by atoms with van der Waals surface area (Å²) in [5.41, 5.74) is 0.964. The van der Waals surface area contributed by atoms with Crippen LogP contribution in [0.3, 0.4) is 0 Å². The predicted octanol–water partition coefficient (Wildman–Crippen LogP) is 5.20. The molecule has 21 heavy (non-hydrogen) atoms. The maximum absolute atomic E-state index is 13.6. The molecule has 112 valence electrons. The van der Waals surface area contributed by atoms with Gasteiger partial charge >= 0.3 is 0 Å². The Morgan fingerprint density at radius 2 is 2.19 bits per heavy atom. The molecule has 2 rings (SSSR count). The maximum Gasteiger partial charge on any atom is 0.123 e. The van der Waals surface area contributed by atoms with E-state index in [0.29, 0.717) is 0 Å². The number of nitrogens with one attached hydrogen (secondary N) is 1. The Morgan fingerprint density at radius 3 is 2.90 bits per heavy atom. The van der Waals surface area contributed by atoms with E-state index in [1.165, 1.54) is 6.07 Å². The molecule has 0 saturated heterocycles. The van der Waals surface area contributed by atoms with Gasteiger partial charge in [-0.2, -0.15) is 0 Å². The molecule has 0 aliphatic heterocycles. The molecule has 0 spiro atoms. The van der Waals surface area contributed by atoms with Gasteiger partial charge in [0.05, 0.1) is 4.47 Å². The fraction of sp³-hybridized carbons (Fsp3) is 0.312. The maximum atomic E-state index is 13.6. The topological polar surface area (TPSA) is 24.9 Å². The molecule has 2 nitrogen and oxygen atoms in total. The van der Waals surface area contributed by atoms with E-state index in [1.807, 2.05) is 18.2 Å². The SMILES string of the molecule is CCCNC(C)c1cc(F)ccc1Sc1ncccc1Br. The number of benzene rings is 1. The van der Waals surface area contributed by atoms with Crippen molar-refractivity contribution in [2.75, 3.05) is 6.54 Å². The zero-order chi connectivity index (χ0) is 15.2. The smallest absolute Gasteiger partial charge is 0.123 e. The minimum absolute atomic E-state index is 0.102. The van der Waals surface area contributed by atoms with Crippen LogP contribution in [0.15, 0.2) is 50.9 Å². The van der Waals surface area contributed by atoms with Crippen molar-refractivity contribution in [1.29, 1.82) is 0 Å². The van der Waals surface area contributed by atoms with Gasteiger partial charge < -0.3 is 5.32 Å². The molecular weight excluding hydrogens is 351 g/mol. The molecule has 0 saturated carbocycles. The molecule has 1 unspecified atom stereocenters. The van der Waals surface area contributed by atoms with Gasteiger partial charge in [0.2, 0.25) is 0 Å². The average molecular weight is 369 g/mol. The summed E-state index contributed by atoms with van der Waals surface area (Å²) in [6.07, 6.45) is 2.81. The van der Waals surface area contributed by atoms with Crippen LogP contribution in [-0.4, -0.2) is 11.5 Å². The van der Waals surface area contributed by atoms with Crippen LogP contribution >= 0.6 is 27.7 Å². The highest BCUT2D eigenvalue weighted by atomic mass is 79.9. The van der Waals surface area contributed by atoms with E-state index >= 15 is 0 Å². The summed E-state index contributed by atoms with van der Waals surface area (Å²) < 4.78 is 14.5. The molecule has 0 aliphatic rings. The number of hydrogen-bond donors (Lipinski definition) is 1. The van der Waals surface area contributed by atoms with Crippen molar-refractivity contribution < 1.29 is 4.39 Å². The summed E-state index contributed by atoms with van der Waals surface area (Å²) in [5, 5.41) is 4.29. The zero-order valence-electron chi connectivity index (χ0n) is 12.1. The number of hydrogen-bond acceptors (Lipinski definition) is 3. The second-order valence-electron chi connectivity index (χ2n) is 4.75. The highest BCUT2D eigenvalue weighted by Gasteiger charge is 2.14. The Morgan fingerprint density at radius 1 is 1.38 bits per heavy atom. The van der Waals surface area contributed by atoms with Crippen LogP contribution in [0.2, 0.25) is 0 Å². The monoisotopic (exact) mass is 368 g/mol. The summed E-state index contributed by atoms with van der Waals surface area (Å²) in [7, 11) is 0. The number of halogens is 2. The van der Waals surface area contributed by atoms with Gasteiger partial charge in [-0.25, -0.2) is 9.37 Å². The first-order chi connectivity index (χ1) is 10.1. The summed E-state index contributed by atoms with van der Waals surface area (Å²) >= 11 is 5.05. The number of aromatic nitrogens is 1. The van der Waals surface area contributed by atoms with Crippen LogP contribution in [0, 0.1) is 5.82 Å². The van der Waals surface area contributed by atoms with E-state index in [2.05, 4.69) is 40.1 Å². The molecule has 1 N–H and O–H groups in total. The third-order valence-corrected chi connectivity index (χ3v) is 5.08. The van der Waals surface area contributed by atoms with Gasteiger partial charge in [-0.05, 0) is 71.7 Å². The Kier molecular flexibility index (Phi) is 6.21. The molecule has 1 atom stereocenters. The van der Waals surface area contributed by atoms with Gasteiger partial charge in [-0.3, -0.25) is 0 Å². The van der Waals surface area contributed by atoms with Gasteiger partial charge in [0.25, 0.3) is 0 Å². The van der Waals surface area contributed by atoms with Gasteiger partial charge in [0.15, 0.2) is 0 Å². The zero-order valence-corrected chi connectivity index (χ0v) is 14.5. The molecule has 0 amide bonds. The molecule has 1 aromatic carbocycles. The predicted molar refractivity (Wildman–Crippen MR) is 89.2 cm³/mol. The number of nitrogens with zero attached hydrogens (tertiary/aromatic N) is 1. The normalized spacial score (nSPS) is 12.4. The van der Waals surface area contributed by atoms with Crippen molar-refractivity contribution in [2.24, 2.45) is 0 Å².